The van der Waals surface area contributed by atoms with Gasteiger partial charge in [0.1, 0.15) is 16.9 Å². The van der Waals surface area contributed by atoms with Crippen molar-refractivity contribution in [1.82, 2.24) is 0 Å². The normalized spacial score (nSPS) is 38.4. The summed E-state index contributed by atoms with van der Waals surface area (Å²) in [5, 5.41) is 76.7. The van der Waals surface area contributed by atoms with Crippen molar-refractivity contribution in [2.24, 2.45) is 40.5 Å². The van der Waals surface area contributed by atoms with E-state index in [2.05, 4.69) is 4.99 Å². The summed E-state index contributed by atoms with van der Waals surface area (Å²) in [5.41, 5.74) is -0.629. The van der Waals surface area contributed by atoms with Gasteiger partial charge >= 0.3 is 0 Å². The SMILES string of the molecule is C/C1=C/C=C/[C@H](C)[C@H](O)[C@@H](C)[C@@H](O)[C@@H](C)[C@H](O)[C@H](C)[C@@H](O)C(C)/C=C(/C)C(=O)C2=c3c(O)cc(c(O)c3C(O)C(C)C2=O)=NC1=O. The van der Waals surface area contributed by atoms with Crippen molar-refractivity contribution in [2.75, 3.05) is 0 Å². The predicted molar refractivity (Wildman–Crippen MR) is 170 cm³/mol. The maximum atomic E-state index is 13.8. The smallest absolute Gasteiger partial charge is 0.273 e. The largest absolute Gasteiger partial charge is 0.507 e. The summed E-state index contributed by atoms with van der Waals surface area (Å²) in [6.45, 7) is 12.5. The molecule has 252 valence electrons. The molecule has 1 aromatic rings. The molecule has 1 aromatic carbocycles. The topological polar surface area (TPSA) is 205 Å². The molecule has 46 heavy (non-hydrogen) atoms. The van der Waals surface area contributed by atoms with Crippen molar-refractivity contribution in [2.45, 2.75) is 85.9 Å². The first kappa shape index (κ1) is 37.0. The van der Waals surface area contributed by atoms with E-state index in [4.69, 9.17) is 0 Å². The van der Waals surface area contributed by atoms with Gasteiger partial charge in [-0.15, -0.1) is 0 Å². The Morgan fingerprint density at radius 3 is 1.80 bits per heavy atom. The zero-order chi connectivity index (χ0) is 34.9. The minimum absolute atomic E-state index is 0.0273. The number of ketones is 2. The molecule has 1 aliphatic carbocycles. The molecule has 0 saturated carbocycles. The minimum atomic E-state index is -1.62. The number of fused-ring (bicyclic) bond motifs is 15. The van der Waals surface area contributed by atoms with Gasteiger partial charge in [-0.3, -0.25) is 14.4 Å². The van der Waals surface area contributed by atoms with E-state index < -0.39 is 101 Å². The Labute approximate surface area is 268 Å². The second-order valence-corrected chi connectivity index (χ2v) is 13.1. The molecule has 7 N–H and O–H groups in total. The fourth-order valence-corrected chi connectivity index (χ4v) is 6.31. The van der Waals surface area contributed by atoms with Gasteiger partial charge in [-0.2, -0.15) is 0 Å². The van der Waals surface area contributed by atoms with Gasteiger partial charge in [-0.05, 0) is 19.4 Å². The number of hydrogen-bond acceptors (Lipinski definition) is 10. The van der Waals surface area contributed by atoms with Crippen LogP contribution in [0.1, 0.15) is 67.1 Å². The summed E-state index contributed by atoms with van der Waals surface area (Å²) < 4.78 is 0. The van der Waals surface area contributed by atoms with Crippen molar-refractivity contribution in [3.8, 4) is 11.5 Å². The molecule has 2 heterocycles. The van der Waals surface area contributed by atoms with Crippen LogP contribution >= 0.6 is 0 Å². The third kappa shape index (κ3) is 7.08. The van der Waals surface area contributed by atoms with E-state index in [-0.39, 0.29) is 27.3 Å². The quantitative estimate of drug-likeness (QED) is 0.202. The summed E-state index contributed by atoms with van der Waals surface area (Å²) in [7, 11) is 0. The number of nitrogens with zero attached hydrogens (tertiary/aromatic N) is 1. The Morgan fingerprint density at radius 1 is 0.717 bits per heavy atom. The third-order valence-corrected chi connectivity index (χ3v) is 9.70. The van der Waals surface area contributed by atoms with E-state index in [9.17, 15) is 50.1 Å². The third-order valence-electron chi connectivity index (χ3n) is 9.70. The van der Waals surface area contributed by atoms with Crippen LogP contribution in [0.2, 0.25) is 0 Å². The van der Waals surface area contributed by atoms with Crippen molar-refractivity contribution in [3.05, 3.63) is 57.7 Å². The van der Waals surface area contributed by atoms with Gasteiger partial charge in [-0.1, -0.05) is 65.8 Å². The van der Waals surface area contributed by atoms with Gasteiger partial charge in [0.25, 0.3) is 5.91 Å². The van der Waals surface area contributed by atoms with E-state index in [1.54, 1.807) is 40.7 Å². The van der Waals surface area contributed by atoms with E-state index in [1.165, 1.54) is 39.0 Å². The van der Waals surface area contributed by atoms with Crippen LogP contribution in [0.3, 0.4) is 0 Å². The van der Waals surface area contributed by atoms with E-state index in [0.29, 0.717) is 0 Å². The van der Waals surface area contributed by atoms with Gasteiger partial charge in [0.15, 0.2) is 11.6 Å². The Hall–Kier alpha value is -3.48. The van der Waals surface area contributed by atoms with Crippen LogP contribution in [-0.2, 0) is 14.4 Å². The molecule has 11 nitrogen and oxygen atoms in total. The number of aliphatic hydroxyl groups excluding tert-OH is 5. The number of rotatable bonds is 0. The molecule has 0 fully saturated rings. The highest BCUT2D eigenvalue weighted by Crippen LogP contribution is 2.35. The van der Waals surface area contributed by atoms with Crippen molar-refractivity contribution in [1.29, 1.82) is 0 Å². The number of phenols is 2. The Balaban J connectivity index is 2.30. The summed E-state index contributed by atoms with van der Waals surface area (Å²) in [4.78, 5) is 44.0. The first-order valence-corrected chi connectivity index (χ1v) is 15.6. The lowest BCUT2D eigenvalue weighted by atomic mass is 9.76. The van der Waals surface area contributed by atoms with E-state index in [0.717, 1.165) is 6.07 Å². The monoisotopic (exact) mass is 641 g/mol. The minimum Gasteiger partial charge on any atom is -0.507 e. The molecule has 11 atom stereocenters. The van der Waals surface area contributed by atoms with Crippen LogP contribution in [0.25, 0.3) is 5.57 Å². The van der Waals surface area contributed by atoms with Crippen LogP contribution in [0.4, 0.5) is 0 Å². The first-order chi connectivity index (χ1) is 21.3. The fourth-order valence-electron chi connectivity index (χ4n) is 6.31. The average molecular weight is 642 g/mol. The molecule has 3 unspecified atom stereocenters. The van der Waals surface area contributed by atoms with Crippen molar-refractivity contribution >= 4 is 23.0 Å². The van der Waals surface area contributed by atoms with Crippen LogP contribution in [0, 0.1) is 35.5 Å². The van der Waals surface area contributed by atoms with Gasteiger partial charge in [-0.25, -0.2) is 4.99 Å². The number of phenolic OH excluding ortho intramolecular Hbond substituents is 2. The molecule has 11 heteroatoms. The molecule has 2 aliphatic heterocycles. The van der Waals surface area contributed by atoms with Crippen LogP contribution in [-0.4, -0.2) is 77.6 Å². The summed E-state index contributed by atoms with van der Waals surface area (Å²) >= 11 is 0. The maximum absolute atomic E-state index is 13.8. The molecular formula is C35H47NO10. The number of hydrogen-bond donors (Lipinski definition) is 7. The predicted octanol–water partition coefficient (Wildman–Crippen LogP) is 1.30. The molecular weight excluding hydrogens is 594 g/mol. The fraction of sp³-hybridized carbons (Fsp3) is 0.543. The molecule has 1 amide bonds. The van der Waals surface area contributed by atoms with E-state index in [1.807, 2.05) is 0 Å². The molecule has 4 rings (SSSR count). The van der Waals surface area contributed by atoms with Crippen molar-refractivity contribution < 1.29 is 50.1 Å². The van der Waals surface area contributed by atoms with E-state index >= 15 is 0 Å². The molecule has 0 saturated heterocycles. The molecule has 0 spiro atoms. The highest BCUT2D eigenvalue weighted by Gasteiger charge is 2.40. The maximum Gasteiger partial charge on any atom is 0.273 e. The summed E-state index contributed by atoms with van der Waals surface area (Å²) in [5.74, 6) is -8.29. The van der Waals surface area contributed by atoms with Crippen LogP contribution in [0.15, 0.2) is 46.5 Å². The number of carbonyl (C=O) groups is 3. The summed E-state index contributed by atoms with van der Waals surface area (Å²) in [6.07, 6.45) is -0.146. The molecule has 3 aliphatic rings. The number of aromatic hydroxyl groups is 2. The first-order valence-electron chi connectivity index (χ1n) is 15.6. The second kappa shape index (κ2) is 14.5. The Morgan fingerprint density at radius 2 is 1.24 bits per heavy atom. The Bertz CT molecular complexity index is 1590. The number of aliphatic hydroxyl groups is 5. The van der Waals surface area contributed by atoms with Gasteiger partial charge in [0, 0.05) is 52.0 Å². The number of amides is 1. The number of carbonyl (C=O) groups excluding carboxylic acids is 3. The lowest BCUT2D eigenvalue weighted by molar-refractivity contribution is -0.122. The average Bonchev–Trinajstić information content (AvgIpc) is 3.02. The highest BCUT2D eigenvalue weighted by molar-refractivity contribution is 6.46. The number of allylic oxidation sites excluding steroid dienone is 3. The number of benzene rings is 1. The van der Waals surface area contributed by atoms with Crippen LogP contribution in [0.5, 0.6) is 11.5 Å². The standard InChI is InChI=1S/C35H47NO10/c1-14-10-9-11-15(2)35(46)36-22-13-23(37)24-25(32(43)21(8)33(44)26(24)34(22)45)29(40)17(4)12-16(3)28(39)19(6)31(42)20(7)30(41)18(5)27(14)38/h9-14,16,18-21,27-28,30-31,33,37-39,41-42,44-45H,1-8H3/b10-9+,15-11-,17-12-,36-22?/t14-,16?,18+,19+,20+,21?,27-,28-,30+,31+,33?/m0/s1. The Kier molecular flexibility index (Phi) is 11.7. The molecule has 4 bridgehead atoms. The van der Waals surface area contributed by atoms with Gasteiger partial charge in [0.2, 0.25) is 0 Å². The molecule has 0 radical (unpaired) electrons. The highest BCUT2D eigenvalue weighted by atomic mass is 16.3. The second-order valence-electron chi connectivity index (χ2n) is 13.1. The summed E-state index contributed by atoms with van der Waals surface area (Å²) in [6, 6.07) is 0.939. The lowest BCUT2D eigenvalue weighted by Crippen LogP contribution is -2.45. The van der Waals surface area contributed by atoms with Gasteiger partial charge in [0.05, 0.1) is 42.0 Å². The number of Topliss-reactive ketones (excluding diaryl/α,β-unsaturated/α-hetero) is 2. The zero-order valence-electron chi connectivity index (χ0n) is 27.5. The van der Waals surface area contributed by atoms with Gasteiger partial charge < -0.3 is 35.7 Å². The zero-order valence-corrected chi connectivity index (χ0v) is 27.5. The lowest BCUT2D eigenvalue weighted by Gasteiger charge is -2.36. The van der Waals surface area contributed by atoms with Crippen LogP contribution < -0.4 is 10.6 Å². The molecule has 0 aromatic heterocycles. The van der Waals surface area contributed by atoms with Crippen molar-refractivity contribution in [3.63, 3.8) is 0 Å².